The van der Waals surface area contributed by atoms with Gasteiger partial charge in [0.2, 0.25) is 11.8 Å². The number of aryl methyl sites for hydroxylation is 1. The van der Waals surface area contributed by atoms with Crippen LogP contribution in [0.4, 0.5) is 0 Å². The molecule has 1 saturated heterocycles. The van der Waals surface area contributed by atoms with Gasteiger partial charge in [0.05, 0.1) is 13.1 Å². The van der Waals surface area contributed by atoms with Gasteiger partial charge in [0.25, 0.3) is 0 Å². The second-order valence-electron chi connectivity index (χ2n) is 7.08. The van der Waals surface area contributed by atoms with E-state index in [1.165, 1.54) is 0 Å². The van der Waals surface area contributed by atoms with Crippen LogP contribution < -0.4 is 10.1 Å². The normalized spacial score (nSPS) is 15.4. The third-order valence-electron chi connectivity index (χ3n) is 5.06. The number of benzene rings is 1. The number of likely N-dealkylation sites (tertiary alicyclic amines) is 1. The second kappa shape index (κ2) is 10.9. The standard InChI is InChI=1S/C21H33N3O3/c1-4-24(5-2)21(26)18-9-12-23(13-10-18)16-20(25)22-11-14-27-19-8-6-7-17(3)15-19/h6-8,15,18H,4-5,9-14,16H2,1-3H3,(H,22,25). The van der Waals surface area contributed by atoms with Crippen molar-refractivity contribution in [1.82, 2.24) is 15.1 Å². The predicted octanol–water partition coefficient (Wildman–Crippen LogP) is 2.07. The van der Waals surface area contributed by atoms with Crippen LogP contribution in [0.3, 0.4) is 0 Å². The summed E-state index contributed by atoms with van der Waals surface area (Å²) in [5.41, 5.74) is 1.15. The number of carbonyl (C=O) groups excluding carboxylic acids is 2. The van der Waals surface area contributed by atoms with Gasteiger partial charge in [-0.05, 0) is 64.4 Å². The maximum Gasteiger partial charge on any atom is 0.234 e. The number of ether oxygens (including phenoxy) is 1. The smallest absolute Gasteiger partial charge is 0.234 e. The van der Waals surface area contributed by atoms with Crippen LogP contribution in [0.1, 0.15) is 32.3 Å². The summed E-state index contributed by atoms with van der Waals surface area (Å²) in [4.78, 5) is 28.6. The fourth-order valence-electron chi connectivity index (χ4n) is 3.45. The minimum absolute atomic E-state index is 0.0105. The van der Waals surface area contributed by atoms with E-state index < -0.39 is 0 Å². The van der Waals surface area contributed by atoms with E-state index in [4.69, 9.17) is 4.74 Å². The number of carbonyl (C=O) groups is 2. The summed E-state index contributed by atoms with van der Waals surface area (Å²) in [6.07, 6.45) is 1.66. The molecule has 0 unspecified atom stereocenters. The molecule has 6 heteroatoms. The summed E-state index contributed by atoms with van der Waals surface area (Å²) < 4.78 is 5.64. The summed E-state index contributed by atoms with van der Waals surface area (Å²) in [5, 5.41) is 2.90. The summed E-state index contributed by atoms with van der Waals surface area (Å²) >= 11 is 0. The van der Waals surface area contributed by atoms with E-state index in [9.17, 15) is 9.59 Å². The maximum atomic E-state index is 12.4. The number of piperidine rings is 1. The quantitative estimate of drug-likeness (QED) is 0.671. The Morgan fingerprint density at radius 3 is 2.56 bits per heavy atom. The van der Waals surface area contributed by atoms with Crippen LogP contribution in [-0.2, 0) is 9.59 Å². The van der Waals surface area contributed by atoms with E-state index in [2.05, 4.69) is 10.2 Å². The Labute approximate surface area is 162 Å². The molecule has 2 amide bonds. The first-order valence-electron chi connectivity index (χ1n) is 10.0. The van der Waals surface area contributed by atoms with Gasteiger partial charge in [0.15, 0.2) is 0 Å². The largest absolute Gasteiger partial charge is 0.492 e. The lowest BCUT2D eigenvalue weighted by atomic mass is 9.95. The van der Waals surface area contributed by atoms with Crippen LogP contribution in [0, 0.1) is 12.8 Å². The summed E-state index contributed by atoms with van der Waals surface area (Å²) in [6, 6.07) is 7.87. The molecule has 0 spiro atoms. The van der Waals surface area contributed by atoms with E-state index in [-0.39, 0.29) is 17.7 Å². The maximum absolute atomic E-state index is 12.4. The Kier molecular flexibility index (Phi) is 8.58. The third kappa shape index (κ3) is 6.86. The lowest BCUT2D eigenvalue weighted by Crippen LogP contribution is -2.45. The van der Waals surface area contributed by atoms with E-state index >= 15 is 0 Å². The zero-order chi connectivity index (χ0) is 19.6. The molecule has 1 N–H and O–H groups in total. The van der Waals surface area contributed by atoms with E-state index in [1.807, 2.05) is 49.9 Å². The van der Waals surface area contributed by atoms with Crippen LogP contribution in [0.2, 0.25) is 0 Å². The molecule has 1 aliphatic heterocycles. The Bertz CT molecular complexity index is 608. The second-order valence-corrected chi connectivity index (χ2v) is 7.08. The van der Waals surface area contributed by atoms with Crippen molar-refractivity contribution < 1.29 is 14.3 Å². The van der Waals surface area contributed by atoms with Gasteiger partial charge in [-0.25, -0.2) is 0 Å². The Morgan fingerprint density at radius 1 is 1.22 bits per heavy atom. The van der Waals surface area contributed by atoms with Gasteiger partial charge in [-0.1, -0.05) is 12.1 Å². The summed E-state index contributed by atoms with van der Waals surface area (Å²) in [6.45, 7) is 10.5. The molecule has 1 aromatic carbocycles. The minimum atomic E-state index is 0.0105. The molecule has 1 aromatic rings. The molecule has 0 saturated carbocycles. The average Bonchev–Trinajstić information content (AvgIpc) is 2.67. The molecular weight excluding hydrogens is 342 g/mol. The van der Waals surface area contributed by atoms with E-state index in [0.29, 0.717) is 19.7 Å². The van der Waals surface area contributed by atoms with Crippen molar-refractivity contribution in [2.45, 2.75) is 33.6 Å². The molecular formula is C21H33N3O3. The Balaban J connectivity index is 1.62. The molecule has 0 radical (unpaired) electrons. The van der Waals surface area contributed by atoms with Gasteiger partial charge in [-0.15, -0.1) is 0 Å². The molecule has 6 nitrogen and oxygen atoms in total. The highest BCUT2D eigenvalue weighted by atomic mass is 16.5. The van der Waals surface area contributed by atoms with Crippen molar-refractivity contribution in [3.05, 3.63) is 29.8 Å². The first-order chi connectivity index (χ1) is 13.0. The van der Waals surface area contributed by atoms with Crippen molar-refractivity contribution in [2.24, 2.45) is 5.92 Å². The van der Waals surface area contributed by atoms with Crippen molar-refractivity contribution in [2.75, 3.05) is 45.9 Å². The molecule has 2 rings (SSSR count). The first-order valence-corrected chi connectivity index (χ1v) is 10.0. The molecule has 1 fully saturated rings. The zero-order valence-corrected chi connectivity index (χ0v) is 16.9. The molecule has 27 heavy (non-hydrogen) atoms. The van der Waals surface area contributed by atoms with Crippen LogP contribution in [0.25, 0.3) is 0 Å². The lowest BCUT2D eigenvalue weighted by Gasteiger charge is -2.33. The molecule has 0 aliphatic carbocycles. The van der Waals surface area contributed by atoms with Gasteiger partial charge in [0, 0.05) is 19.0 Å². The lowest BCUT2D eigenvalue weighted by molar-refractivity contribution is -0.136. The van der Waals surface area contributed by atoms with Gasteiger partial charge in [-0.3, -0.25) is 14.5 Å². The van der Waals surface area contributed by atoms with Crippen molar-refractivity contribution in [3.8, 4) is 5.75 Å². The summed E-state index contributed by atoms with van der Waals surface area (Å²) in [7, 11) is 0. The average molecular weight is 376 g/mol. The highest BCUT2D eigenvalue weighted by Gasteiger charge is 2.28. The molecule has 0 atom stereocenters. The van der Waals surface area contributed by atoms with Crippen molar-refractivity contribution in [1.29, 1.82) is 0 Å². The van der Waals surface area contributed by atoms with Crippen LogP contribution in [0.15, 0.2) is 24.3 Å². The Morgan fingerprint density at radius 2 is 1.93 bits per heavy atom. The Hall–Kier alpha value is -2.08. The van der Waals surface area contributed by atoms with Crippen LogP contribution >= 0.6 is 0 Å². The number of amides is 2. The minimum Gasteiger partial charge on any atom is -0.492 e. The molecule has 1 aliphatic rings. The molecule has 1 heterocycles. The zero-order valence-electron chi connectivity index (χ0n) is 16.9. The highest BCUT2D eigenvalue weighted by Crippen LogP contribution is 2.19. The highest BCUT2D eigenvalue weighted by molar-refractivity contribution is 5.79. The van der Waals surface area contributed by atoms with Crippen molar-refractivity contribution in [3.63, 3.8) is 0 Å². The number of nitrogens with one attached hydrogen (secondary N) is 1. The first kappa shape index (κ1) is 21.2. The molecule has 0 aromatic heterocycles. The number of hydrogen-bond donors (Lipinski definition) is 1. The monoisotopic (exact) mass is 375 g/mol. The number of rotatable bonds is 9. The van der Waals surface area contributed by atoms with Gasteiger partial charge < -0.3 is 15.0 Å². The fraction of sp³-hybridized carbons (Fsp3) is 0.619. The summed E-state index contributed by atoms with van der Waals surface area (Å²) in [5.74, 6) is 1.20. The SMILES string of the molecule is CCN(CC)C(=O)C1CCN(CC(=O)NCCOc2cccc(C)c2)CC1. The molecule has 0 bridgehead atoms. The van der Waals surface area contributed by atoms with Gasteiger partial charge >= 0.3 is 0 Å². The fourth-order valence-corrected chi connectivity index (χ4v) is 3.45. The van der Waals surface area contributed by atoms with Gasteiger partial charge in [-0.2, -0.15) is 0 Å². The molecule has 150 valence electrons. The predicted molar refractivity (Wildman–Crippen MR) is 107 cm³/mol. The number of hydrogen-bond acceptors (Lipinski definition) is 4. The van der Waals surface area contributed by atoms with Crippen LogP contribution in [-0.4, -0.2) is 67.5 Å². The topological polar surface area (TPSA) is 61.9 Å². The van der Waals surface area contributed by atoms with Crippen LogP contribution in [0.5, 0.6) is 5.75 Å². The van der Waals surface area contributed by atoms with Gasteiger partial charge in [0.1, 0.15) is 12.4 Å². The third-order valence-corrected chi connectivity index (χ3v) is 5.06. The van der Waals surface area contributed by atoms with Crippen molar-refractivity contribution >= 4 is 11.8 Å². The van der Waals surface area contributed by atoms with E-state index in [1.54, 1.807) is 0 Å². The number of nitrogens with zero attached hydrogens (tertiary/aromatic N) is 2. The van der Waals surface area contributed by atoms with E-state index in [0.717, 1.165) is 50.3 Å².